The summed E-state index contributed by atoms with van der Waals surface area (Å²) in [6, 6.07) is 17.9. The standard InChI is InChI=1S/C23H19IN6O/c1-14(15-5-3-2-4-6-15)13-26-23(31)22-27-18-11-17-20(12-19(18)28-22)30(24)29-21(17)16-7-9-25-10-8-16/h2-12,14H,13H2,1H3,(H,26,31)(H,27,28)/t14-/m1/s1. The van der Waals surface area contributed by atoms with Gasteiger partial charge in [0.05, 0.1) is 39.4 Å². The third-order valence-corrected chi connectivity index (χ3v) is 6.08. The van der Waals surface area contributed by atoms with E-state index in [1.807, 2.05) is 45.4 Å². The molecule has 0 saturated carbocycles. The number of carbonyl (C=O) groups is 1. The normalized spacial score (nSPS) is 12.3. The van der Waals surface area contributed by atoms with E-state index in [9.17, 15) is 4.79 Å². The van der Waals surface area contributed by atoms with Crippen molar-refractivity contribution in [2.45, 2.75) is 12.8 Å². The van der Waals surface area contributed by atoms with Crippen molar-refractivity contribution in [2.75, 3.05) is 6.54 Å². The highest BCUT2D eigenvalue weighted by Gasteiger charge is 2.17. The van der Waals surface area contributed by atoms with Gasteiger partial charge in [-0.1, -0.05) is 37.3 Å². The monoisotopic (exact) mass is 522 g/mol. The van der Waals surface area contributed by atoms with Gasteiger partial charge in [0, 0.05) is 29.9 Å². The van der Waals surface area contributed by atoms with Crippen molar-refractivity contribution in [3.63, 3.8) is 0 Å². The molecule has 5 aromatic rings. The highest BCUT2D eigenvalue weighted by atomic mass is 127. The number of nitrogens with zero attached hydrogens (tertiary/aromatic N) is 4. The van der Waals surface area contributed by atoms with Crippen molar-refractivity contribution < 1.29 is 4.79 Å². The van der Waals surface area contributed by atoms with Gasteiger partial charge in [0.15, 0.2) is 5.82 Å². The highest BCUT2D eigenvalue weighted by Crippen LogP contribution is 2.31. The SMILES string of the molecule is C[C@H](CNC(=O)c1nc2cc3c(-c4ccncc4)nn(I)c3cc2[nH]1)c1ccccc1. The first kappa shape index (κ1) is 19.7. The summed E-state index contributed by atoms with van der Waals surface area (Å²) < 4.78 is 1.81. The minimum Gasteiger partial charge on any atom is -0.349 e. The van der Waals surface area contributed by atoms with Crippen LogP contribution in [0.2, 0.25) is 0 Å². The van der Waals surface area contributed by atoms with Gasteiger partial charge in [-0.2, -0.15) is 5.10 Å². The first-order valence-electron chi connectivity index (χ1n) is 9.92. The Morgan fingerprint density at radius 3 is 2.71 bits per heavy atom. The molecule has 0 aliphatic rings. The molecule has 0 radical (unpaired) electrons. The number of imidazole rings is 1. The molecule has 7 nitrogen and oxygen atoms in total. The van der Waals surface area contributed by atoms with Gasteiger partial charge in [0.25, 0.3) is 5.91 Å². The summed E-state index contributed by atoms with van der Waals surface area (Å²) in [7, 11) is 0. The molecular formula is C23H19IN6O. The quantitative estimate of drug-likeness (QED) is 0.328. The number of fused-ring (bicyclic) bond motifs is 2. The van der Waals surface area contributed by atoms with E-state index in [4.69, 9.17) is 0 Å². The number of aromatic amines is 1. The first-order chi connectivity index (χ1) is 15.1. The van der Waals surface area contributed by atoms with Crippen molar-refractivity contribution in [3.05, 3.63) is 78.4 Å². The number of hydrogen-bond donors (Lipinski definition) is 2. The van der Waals surface area contributed by atoms with E-state index in [-0.39, 0.29) is 11.8 Å². The van der Waals surface area contributed by atoms with Crippen LogP contribution in [0.5, 0.6) is 0 Å². The second-order valence-electron chi connectivity index (χ2n) is 7.44. The zero-order valence-corrected chi connectivity index (χ0v) is 18.9. The third-order valence-electron chi connectivity index (χ3n) is 5.35. The van der Waals surface area contributed by atoms with Crippen molar-refractivity contribution >= 4 is 50.7 Å². The molecule has 8 heteroatoms. The average Bonchev–Trinajstić information content (AvgIpc) is 3.37. The van der Waals surface area contributed by atoms with Gasteiger partial charge in [-0.05, 0) is 35.7 Å². The molecule has 0 spiro atoms. The van der Waals surface area contributed by atoms with Crippen LogP contribution in [0.25, 0.3) is 33.2 Å². The van der Waals surface area contributed by atoms with Gasteiger partial charge in [-0.15, -0.1) is 0 Å². The Morgan fingerprint density at radius 2 is 1.94 bits per heavy atom. The van der Waals surface area contributed by atoms with Crippen LogP contribution in [0, 0.1) is 0 Å². The van der Waals surface area contributed by atoms with Gasteiger partial charge in [-0.3, -0.25) is 9.78 Å². The van der Waals surface area contributed by atoms with Gasteiger partial charge in [0.1, 0.15) is 5.69 Å². The van der Waals surface area contributed by atoms with E-state index < -0.39 is 0 Å². The minimum absolute atomic E-state index is 0.213. The van der Waals surface area contributed by atoms with E-state index in [1.165, 1.54) is 5.56 Å². The molecule has 3 aromatic heterocycles. The Bertz CT molecular complexity index is 1380. The number of pyridine rings is 1. The number of nitrogens with one attached hydrogen (secondary N) is 2. The smallest absolute Gasteiger partial charge is 0.287 e. The second kappa shape index (κ2) is 8.10. The molecule has 154 valence electrons. The zero-order chi connectivity index (χ0) is 21.4. The highest BCUT2D eigenvalue weighted by molar-refractivity contribution is 14.1. The van der Waals surface area contributed by atoms with Gasteiger partial charge >= 0.3 is 0 Å². The Hall–Kier alpha value is -3.27. The molecule has 1 atom stereocenters. The number of aromatic nitrogens is 5. The predicted octanol–water partition coefficient (Wildman–Crippen LogP) is 4.71. The van der Waals surface area contributed by atoms with Crippen LogP contribution >= 0.6 is 22.9 Å². The summed E-state index contributed by atoms with van der Waals surface area (Å²) in [5.74, 6) is 0.305. The summed E-state index contributed by atoms with van der Waals surface area (Å²) in [5, 5.41) is 8.61. The number of rotatable bonds is 5. The van der Waals surface area contributed by atoms with E-state index >= 15 is 0 Å². The number of amides is 1. The Kier molecular flexibility index (Phi) is 5.14. The number of H-pyrrole nitrogens is 1. The number of halogens is 1. The molecule has 31 heavy (non-hydrogen) atoms. The molecule has 0 fully saturated rings. The first-order valence-corrected chi connectivity index (χ1v) is 10.9. The Morgan fingerprint density at radius 1 is 1.16 bits per heavy atom. The van der Waals surface area contributed by atoms with Gasteiger partial charge in [-0.25, -0.2) is 7.88 Å². The van der Waals surface area contributed by atoms with Crippen LogP contribution in [0.1, 0.15) is 29.0 Å². The molecule has 2 aromatic carbocycles. The van der Waals surface area contributed by atoms with E-state index in [2.05, 4.69) is 67.3 Å². The largest absolute Gasteiger partial charge is 0.349 e. The number of benzene rings is 2. The van der Waals surface area contributed by atoms with Gasteiger partial charge < -0.3 is 10.3 Å². The summed E-state index contributed by atoms with van der Waals surface area (Å²) in [6.07, 6.45) is 3.50. The predicted molar refractivity (Wildman–Crippen MR) is 129 cm³/mol. The summed E-state index contributed by atoms with van der Waals surface area (Å²) in [5.41, 5.74) is 5.51. The van der Waals surface area contributed by atoms with Crippen molar-refractivity contribution in [1.82, 2.24) is 28.3 Å². The average molecular weight is 522 g/mol. The number of hydrogen-bond acceptors (Lipinski definition) is 4. The van der Waals surface area contributed by atoms with Crippen molar-refractivity contribution in [2.24, 2.45) is 0 Å². The van der Waals surface area contributed by atoms with Crippen LogP contribution in [-0.2, 0) is 0 Å². The molecule has 5 rings (SSSR count). The maximum absolute atomic E-state index is 12.7. The lowest BCUT2D eigenvalue weighted by Crippen LogP contribution is -2.28. The molecule has 3 heterocycles. The van der Waals surface area contributed by atoms with Crippen LogP contribution in [0.15, 0.2) is 67.0 Å². The fourth-order valence-corrected chi connectivity index (χ4v) is 4.26. The molecular weight excluding hydrogens is 503 g/mol. The molecule has 2 N–H and O–H groups in total. The second-order valence-corrected chi connectivity index (χ2v) is 8.35. The van der Waals surface area contributed by atoms with E-state index in [1.54, 1.807) is 12.4 Å². The van der Waals surface area contributed by atoms with Gasteiger partial charge in [0.2, 0.25) is 0 Å². The lowest BCUT2D eigenvalue weighted by atomic mass is 10.0. The van der Waals surface area contributed by atoms with E-state index in [0.29, 0.717) is 12.4 Å². The Labute approximate surface area is 192 Å². The third kappa shape index (κ3) is 3.78. The zero-order valence-electron chi connectivity index (χ0n) is 16.7. The lowest BCUT2D eigenvalue weighted by Gasteiger charge is -2.12. The molecule has 0 bridgehead atoms. The number of carbonyl (C=O) groups excluding carboxylic acids is 1. The molecule has 0 aliphatic heterocycles. The topological polar surface area (TPSA) is 88.5 Å². The van der Waals surface area contributed by atoms with Crippen LogP contribution in [0.3, 0.4) is 0 Å². The van der Waals surface area contributed by atoms with Crippen LogP contribution in [-0.4, -0.2) is 35.4 Å². The maximum Gasteiger partial charge on any atom is 0.287 e. The Balaban J connectivity index is 1.43. The van der Waals surface area contributed by atoms with Crippen LogP contribution in [0.4, 0.5) is 0 Å². The minimum atomic E-state index is -0.214. The fraction of sp³-hybridized carbons (Fsp3) is 0.130. The summed E-state index contributed by atoms with van der Waals surface area (Å²) >= 11 is 2.16. The molecule has 0 unspecified atom stereocenters. The molecule has 0 saturated heterocycles. The summed E-state index contributed by atoms with van der Waals surface area (Å²) in [4.78, 5) is 24.5. The van der Waals surface area contributed by atoms with Crippen LogP contribution < -0.4 is 5.32 Å². The molecule has 0 aliphatic carbocycles. The van der Waals surface area contributed by atoms with Crippen molar-refractivity contribution in [3.8, 4) is 11.3 Å². The summed E-state index contributed by atoms with van der Waals surface area (Å²) in [6.45, 7) is 2.63. The van der Waals surface area contributed by atoms with Crippen molar-refractivity contribution in [1.29, 1.82) is 0 Å². The fourth-order valence-electron chi connectivity index (χ4n) is 3.64. The molecule has 1 amide bonds. The lowest BCUT2D eigenvalue weighted by molar-refractivity contribution is 0.0942. The maximum atomic E-state index is 12.7. The van der Waals surface area contributed by atoms with E-state index in [0.717, 1.165) is 33.2 Å².